The van der Waals surface area contributed by atoms with Gasteiger partial charge in [0.2, 0.25) is 0 Å². The molecule has 1 aromatic carbocycles. The third-order valence-corrected chi connectivity index (χ3v) is 2.41. The molecule has 0 N–H and O–H groups in total. The fraction of sp³-hybridized carbons (Fsp3) is 0.312. The predicted octanol–water partition coefficient (Wildman–Crippen LogP) is 2.94. The van der Waals surface area contributed by atoms with Crippen LogP contribution in [-0.2, 0) is 9.53 Å². The van der Waals surface area contributed by atoms with Crippen LogP contribution < -0.4 is 4.74 Å². The lowest BCUT2D eigenvalue weighted by atomic mass is 10.2. The predicted molar refractivity (Wildman–Crippen MR) is 74.9 cm³/mol. The maximum atomic E-state index is 11.2. The summed E-state index contributed by atoms with van der Waals surface area (Å²) in [6.07, 6.45) is 2.64. The molecule has 1 unspecified atom stereocenters. The van der Waals surface area contributed by atoms with E-state index < -0.39 is 5.97 Å². The lowest BCUT2D eigenvalue weighted by molar-refractivity contribution is -0.135. The van der Waals surface area contributed by atoms with Gasteiger partial charge in [0.15, 0.2) is 0 Å². The van der Waals surface area contributed by atoms with Gasteiger partial charge >= 0.3 is 5.97 Å². The monoisotopic (exact) mass is 258 g/mol. The zero-order chi connectivity index (χ0) is 14.1. The van der Waals surface area contributed by atoms with Crippen molar-refractivity contribution in [3.63, 3.8) is 0 Å². The van der Waals surface area contributed by atoms with Crippen LogP contribution in [0.25, 0.3) is 0 Å². The molecule has 0 bridgehead atoms. The Hall–Kier alpha value is -2.21. The van der Waals surface area contributed by atoms with Crippen molar-refractivity contribution in [3.8, 4) is 17.6 Å². The zero-order valence-corrected chi connectivity index (χ0v) is 11.3. The van der Waals surface area contributed by atoms with Gasteiger partial charge in [0.1, 0.15) is 12.4 Å². The molecule has 3 nitrogen and oxygen atoms in total. The minimum absolute atomic E-state index is 0.176. The number of esters is 1. The number of carbonyl (C=O) groups is 1. The van der Waals surface area contributed by atoms with E-state index in [-0.39, 0.29) is 12.7 Å². The molecule has 0 spiro atoms. The van der Waals surface area contributed by atoms with E-state index in [4.69, 9.17) is 9.47 Å². The van der Waals surface area contributed by atoms with Crippen LogP contribution in [0.3, 0.4) is 0 Å². The molecule has 1 atom stereocenters. The molecule has 0 aliphatic carbocycles. The largest absolute Gasteiger partial charge is 0.491 e. The topological polar surface area (TPSA) is 35.5 Å². The Balaban J connectivity index is 2.59. The molecule has 0 fully saturated rings. The molecule has 1 aromatic rings. The highest BCUT2D eigenvalue weighted by Gasteiger charge is 2.00. The average molecular weight is 258 g/mol. The summed E-state index contributed by atoms with van der Waals surface area (Å²) in [4.78, 5) is 11.2. The SMILES string of the molecule is C=CCOC(=O)C#Cc1ccc(OC(C)CC)cc1. The van der Waals surface area contributed by atoms with Gasteiger partial charge in [-0.3, -0.25) is 0 Å². The molecule has 0 amide bonds. The molecule has 19 heavy (non-hydrogen) atoms. The number of hydrogen-bond donors (Lipinski definition) is 0. The van der Waals surface area contributed by atoms with E-state index in [2.05, 4.69) is 25.3 Å². The van der Waals surface area contributed by atoms with Gasteiger partial charge in [-0.05, 0) is 37.6 Å². The number of rotatable bonds is 5. The van der Waals surface area contributed by atoms with E-state index in [1.807, 2.05) is 31.2 Å². The molecular weight excluding hydrogens is 240 g/mol. The van der Waals surface area contributed by atoms with Gasteiger partial charge < -0.3 is 9.47 Å². The maximum absolute atomic E-state index is 11.2. The highest BCUT2D eigenvalue weighted by atomic mass is 16.5. The summed E-state index contributed by atoms with van der Waals surface area (Å²) < 4.78 is 10.4. The molecule has 0 saturated carbocycles. The van der Waals surface area contributed by atoms with Crippen LogP contribution in [0.15, 0.2) is 36.9 Å². The van der Waals surface area contributed by atoms with Gasteiger partial charge in [0.25, 0.3) is 0 Å². The number of carbonyl (C=O) groups excluding carboxylic acids is 1. The minimum Gasteiger partial charge on any atom is -0.491 e. The van der Waals surface area contributed by atoms with Crippen molar-refractivity contribution in [1.82, 2.24) is 0 Å². The Kier molecular flexibility index (Phi) is 6.25. The van der Waals surface area contributed by atoms with Crippen LogP contribution in [0.2, 0.25) is 0 Å². The number of ether oxygens (including phenoxy) is 2. The van der Waals surface area contributed by atoms with Crippen molar-refractivity contribution in [2.45, 2.75) is 26.4 Å². The first-order chi connectivity index (χ1) is 9.15. The van der Waals surface area contributed by atoms with Crippen LogP contribution in [0, 0.1) is 11.8 Å². The normalized spacial score (nSPS) is 10.8. The van der Waals surface area contributed by atoms with Crippen molar-refractivity contribution in [2.24, 2.45) is 0 Å². The van der Waals surface area contributed by atoms with Crippen LogP contribution in [0.4, 0.5) is 0 Å². The van der Waals surface area contributed by atoms with Gasteiger partial charge in [0, 0.05) is 11.5 Å². The van der Waals surface area contributed by atoms with Crippen molar-refractivity contribution >= 4 is 5.97 Å². The second-order valence-electron chi connectivity index (χ2n) is 4.00. The lowest BCUT2D eigenvalue weighted by Crippen LogP contribution is -2.09. The summed E-state index contributed by atoms with van der Waals surface area (Å²) in [6.45, 7) is 7.71. The number of hydrogen-bond acceptors (Lipinski definition) is 3. The van der Waals surface area contributed by atoms with Gasteiger partial charge in [-0.1, -0.05) is 25.5 Å². The Labute approximate surface area is 114 Å². The standard InChI is InChI=1S/C16H18O3/c1-4-12-18-16(17)11-8-14-6-9-15(10-7-14)19-13(3)5-2/h4,6-7,9-10,13H,1,5,12H2,2-3H3. The highest BCUT2D eigenvalue weighted by molar-refractivity contribution is 5.89. The van der Waals surface area contributed by atoms with Crippen molar-refractivity contribution in [2.75, 3.05) is 6.61 Å². The Morgan fingerprint density at radius 1 is 1.42 bits per heavy atom. The van der Waals surface area contributed by atoms with E-state index in [0.717, 1.165) is 17.7 Å². The first kappa shape index (κ1) is 14.8. The molecule has 1 rings (SSSR count). The van der Waals surface area contributed by atoms with Crippen molar-refractivity contribution in [1.29, 1.82) is 0 Å². The molecule has 0 aliphatic heterocycles. The molecule has 0 aliphatic rings. The fourth-order valence-corrected chi connectivity index (χ4v) is 1.23. The van der Waals surface area contributed by atoms with E-state index >= 15 is 0 Å². The van der Waals surface area contributed by atoms with Crippen LogP contribution >= 0.6 is 0 Å². The van der Waals surface area contributed by atoms with Crippen molar-refractivity contribution < 1.29 is 14.3 Å². The average Bonchev–Trinajstić information content (AvgIpc) is 2.44. The molecule has 0 radical (unpaired) electrons. The smallest absolute Gasteiger partial charge is 0.385 e. The summed E-state index contributed by atoms with van der Waals surface area (Å²) in [5, 5.41) is 0. The maximum Gasteiger partial charge on any atom is 0.385 e. The Bertz CT molecular complexity index is 477. The second-order valence-corrected chi connectivity index (χ2v) is 4.00. The quantitative estimate of drug-likeness (QED) is 0.463. The van der Waals surface area contributed by atoms with Gasteiger partial charge in [-0.25, -0.2) is 4.79 Å². The first-order valence-corrected chi connectivity index (χ1v) is 6.22. The summed E-state index contributed by atoms with van der Waals surface area (Å²) >= 11 is 0. The van der Waals surface area contributed by atoms with Gasteiger partial charge in [-0.15, -0.1) is 0 Å². The van der Waals surface area contributed by atoms with E-state index in [1.165, 1.54) is 6.08 Å². The lowest BCUT2D eigenvalue weighted by Gasteiger charge is -2.11. The molecule has 0 saturated heterocycles. The summed E-state index contributed by atoms with van der Waals surface area (Å²) in [7, 11) is 0. The molecule has 100 valence electrons. The third-order valence-electron chi connectivity index (χ3n) is 2.41. The highest BCUT2D eigenvalue weighted by Crippen LogP contribution is 2.14. The van der Waals surface area contributed by atoms with E-state index in [1.54, 1.807) is 0 Å². The van der Waals surface area contributed by atoms with E-state index in [0.29, 0.717) is 0 Å². The Morgan fingerprint density at radius 3 is 2.68 bits per heavy atom. The van der Waals surface area contributed by atoms with Crippen LogP contribution in [-0.4, -0.2) is 18.7 Å². The summed E-state index contributed by atoms with van der Waals surface area (Å²) in [5.41, 5.74) is 0.743. The molecule has 0 aromatic heterocycles. The molecular formula is C16H18O3. The van der Waals surface area contributed by atoms with Crippen molar-refractivity contribution in [3.05, 3.63) is 42.5 Å². The summed E-state index contributed by atoms with van der Waals surface area (Å²) in [5.74, 6) is 5.38. The summed E-state index contributed by atoms with van der Waals surface area (Å²) in [6, 6.07) is 7.30. The minimum atomic E-state index is -0.556. The zero-order valence-electron chi connectivity index (χ0n) is 11.3. The number of benzene rings is 1. The Morgan fingerprint density at radius 2 is 2.11 bits per heavy atom. The second kappa shape index (κ2) is 7.99. The van der Waals surface area contributed by atoms with Crippen LogP contribution in [0.5, 0.6) is 5.75 Å². The van der Waals surface area contributed by atoms with Gasteiger partial charge in [0.05, 0.1) is 6.10 Å². The van der Waals surface area contributed by atoms with E-state index in [9.17, 15) is 4.79 Å². The molecule has 0 heterocycles. The third kappa shape index (κ3) is 5.78. The molecule has 3 heteroatoms. The fourth-order valence-electron chi connectivity index (χ4n) is 1.23. The van der Waals surface area contributed by atoms with Gasteiger partial charge in [-0.2, -0.15) is 0 Å². The first-order valence-electron chi connectivity index (χ1n) is 6.22. The van der Waals surface area contributed by atoms with Crippen LogP contribution in [0.1, 0.15) is 25.8 Å².